The Morgan fingerprint density at radius 2 is 2.05 bits per heavy atom. The number of rotatable bonds is 3. The zero-order valence-electron chi connectivity index (χ0n) is 11.8. The molecule has 0 amide bonds. The van der Waals surface area contributed by atoms with Crippen molar-refractivity contribution in [2.24, 2.45) is 5.92 Å². The summed E-state index contributed by atoms with van der Waals surface area (Å²) in [4.78, 5) is 2.53. The van der Waals surface area contributed by atoms with Gasteiger partial charge in [0.25, 0.3) is 0 Å². The summed E-state index contributed by atoms with van der Waals surface area (Å²) in [6.45, 7) is 7.98. The number of hydrogen-bond acceptors (Lipinski definition) is 3. The Morgan fingerprint density at radius 1 is 1.26 bits per heavy atom. The summed E-state index contributed by atoms with van der Waals surface area (Å²) in [5.41, 5.74) is 2.20. The molecule has 1 fully saturated rings. The fourth-order valence-electron chi connectivity index (χ4n) is 3.00. The van der Waals surface area contributed by atoms with Crippen LogP contribution in [0.5, 0.6) is 0 Å². The molecule has 4 nitrogen and oxygen atoms in total. The van der Waals surface area contributed by atoms with Crippen LogP contribution < -0.4 is 0 Å². The van der Waals surface area contributed by atoms with Gasteiger partial charge in [0.05, 0.1) is 0 Å². The molecule has 0 spiro atoms. The molecule has 0 unspecified atom stereocenters. The number of aryl methyl sites for hydroxylation is 1. The van der Waals surface area contributed by atoms with Crippen molar-refractivity contribution in [3.05, 3.63) is 29.7 Å². The largest absolute Gasteiger partial charge is 0.304 e. The van der Waals surface area contributed by atoms with Gasteiger partial charge in [0.1, 0.15) is 5.82 Å². The summed E-state index contributed by atoms with van der Waals surface area (Å²) >= 11 is 0. The minimum atomic E-state index is 0.760. The predicted octanol–water partition coefficient (Wildman–Crippen LogP) is 2.31. The van der Waals surface area contributed by atoms with Crippen molar-refractivity contribution < 1.29 is 0 Å². The van der Waals surface area contributed by atoms with Crippen molar-refractivity contribution in [2.75, 3.05) is 19.6 Å². The number of piperidine rings is 1. The fraction of sp³-hybridized carbons (Fsp3) is 0.600. The highest BCUT2D eigenvalue weighted by molar-refractivity contribution is 5.46. The van der Waals surface area contributed by atoms with E-state index in [4.69, 9.17) is 0 Å². The average Bonchev–Trinajstić information content (AvgIpc) is 2.84. The first kappa shape index (κ1) is 12.6. The molecule has 4 heteroatoms. The number of fused-ring (bicyclic) bond motifs is 1. The van der Waals surface area contributed by atoms with Gasteiger partial charge >= 0.3 is 0 Å². The van der Waals surface area contributed by atoms with Crippen LogP contribution in [0.25, 0.3) is 5.65 Å². The van der Waals surface area contributed by atoms with Gasteiger partial charge in [-0.3, -0.25) is 4.40 Å². The molecule has 1 saturated heterocycles. The second-order valence-corrected chi connectivity index (χ2v) is 5.58. The zero-order chi connectivity index (χ0) is 13.2. The van der Waals surface area contributed by atoms with Crippen molar-refractivity contribution in [3.63, 3.8) is 0 Å². The van der Waals surface area contributed by atoms with E-state index >= 15 is 0 Å². The molecule has 0 radical (unpaired) electrons. The van der Waals surface area contributed by atoms with E-state index in [0.717, 1.165) is 23.8 Å². The molecular formula is C15H22N4. The van der Waals surface area contributed by atoms with Gasteiger partial charge in [-0.1, -0.05) is 13.0 Å². The molecule has 0 aliphatic carbocycles. The molecule has 19 heavy (non-hydrogen) atoms. The van der Waals surface area contributed by atoms with Crippen molar-refractivity contribution in [2.45, 2.75) is 33.1 Å². The quantitative estimate of drug-likeness (QED) is 0.847. The Labute approximate surface area is 114 Å². The smallest absolute Gasteiger partial charge is 0.163 e. The highest BCUT2D eigenvalue weighted by Gasteiger charge is 2.20. The van der Waals surface area contributed by atoms with Gasteiger partial charge in [0.15, 0.2) is 5.65 Å². The number of likely N-dealkylation sites (tertiary alicyclic amines) is 1. The topological polar surface area (TPSA) is 33.4 Å². The number of aromatic nitrogens is 3. The molecule has 1 aliphatic heterocycles. The number of hydrogen-bond donors (Lipinski definition) is 0. The van der Waals surface area contributed by atoms with E-state index in [2.05, 4.69) is 51.7 Å². The lowest BCUT2D eigenvalue weighted by molar-refractivity contribution is 0.190. The van der Waals surface area contributed by atoms with Crippen LogP contribution in [0.2, 0.25) is 0 Å². The summed E-state index contributed by atoms with van der Waals surface area (Å²) in [5, 5.41) is 8.71. The molecule has 0 bridgehead atoms. The molecule has 2 aromatic heterocycles. The first-order valence-electron chi connectivity index (χ1n) is 7.29. The van der Waals surface area contributed by atoms with Crippen LogP contribution in [-0.4, -0.2) is 39.1 Å². The normalized spacial score (nSPS) is 18.2. The Morgan fingerprint density at radius 3 is 2.79 bits per heavy atom. The fourth-order valence-corrected chi connectivity index (χ4v) is 3.00. The Hall–Kier alpha value is -1.42. The second-order valence-electron chi connectivity index (χ2n) is 5.58. The molecule has 0 aromatic carbocycles. The maximum absolute atomic E-state index is 4.39. The summed E-state index contributed by atoms with van der Waals surface area (Å²) in [7, 11) is 0. The Bertz CT molecular complexity index is 552. The van der Waals surface area contributed by atoms with Crippen LogP contribution in [-0.2, 0) is 6.42 Å². The maximum Gasteiger partial charge on any atom is 0.163 e. The summed E-state index contributed by atoms with van der Waals surface area (Å²) < 4.78 is 2.15. The van der Waals surface area contributed by atoms with Gasteiger partial charge < -0.3 is 4.90 Å². The molecular weight excluding hydrogens is 236 g/mol. The first-order chi connectivity index (χ1) is 9.28. The van der Waals surface area contributed by atoms with Gasteiger partial charge in [0.2, 0.25) is 0 Å². The predicted molar refractivity (Wildman–Crippen MR) is 76.3 cm³/mol. The molecule has 0 atom stereocenters. The zero-order valence-corrected chi connectivity index (χ0v) is 11.8. The number of pyridine rings is 1. The van der Waals surface area contributed by atoms with Gasteiger partial charge in [-0.15, -0.1) is 10.2 Å². The van der Waals surface area contributed by atoms with Crippen molar-refractivity contribution in [1.29, 1.82) is 0 Å². The summed E-state index contributed by atoms with van der Waals surface area (Å²) in [5.74, 6) is 1.88. The highest BCUT2D eigenvalue weighted by Crippen LogP contribution is 2.21. The van der Waals surface area contributed by atoms with Crippen LogP contribution >= 0.6 is 0 Å². The van der Waals surface area contributed by atoms with Gasteiger partial charge in [-0.25, -0.2) is 0 Å². The highest BCUT2D eigenvalue weighted by atomic mass is 15.2. The standard InChI is InChI=1S/C15H22N4/c1-3-18-9-6-13(7-10-18)11-14-16-17-15-12(2)5-4-8-19(14)15/h4-5,8,13H,3,6-7,9-11H2,1-2H3. The molecule has 3 rings (SSSR count). The van der Waals surface area contributed by atoms with Crippen LogP contribution in [0.4, 0.5) is 0 Å². The van der Waals surface area contributed by atoms with Crippen LogP contribution in [0.3, 0.4) is 0 Å². The maximum atomic E-state index is 4.39. The van der Waals surface area contributed by atoms with E-state index < -0.39 is 0 Å². The molecule has 0 saturated carbocycles. The summed E-state index contributed by atoms with van der Waals surface area (Å²) in [6, 6.07) is 4.17. The van der Waals surface area contributed by atoms with Crippen LogP contribution in [0, 0.1) is 12.8 Å². The lowest BCUT2D eigenvalue weighted by atomic mass is 9.93. The van der Waals surface area contributed by atoms with E-state index in [-0.39, 0.29) is 0 Å². The van der Waals surface area contributed by atoms with Crippen molar-refractivity contribution in [1.82, 2.24) is 19.5 Å². The second kappa shape index (κ2) is 5.29. The number of nitrogens with zero attached hydrogens (tertiary/aromatic N) is 4. The van der Waals surface area contributed by atoms with E-state index in [1.165, 1.54) is 38.0 Å². The third-order valence-corrected chi connectivity index (χ3v) is 4.33. The third-order valence-electron chi connectivity index (χ3n) is 4.33. The minimum Gasteiger partial charge on any atom is -0.304 e. The van der Waals surface area contributed by atoms with E-state index in [0.29, 0.717) is 0 Å². The van der Waals surface area contributed by atoms with Gasteiger partial charge in [0, 0.05) is 12.6 Å². The lowest BCUT2D eigenvalue weighted by Gasteiger charge is -2.30. The first-order valence-corrected chi connectivity index (χ1v) is 7.29. The molecule has 2 aromatic rings. The van der Waals surface area contributed by atoms with Crippen LogP contribution in [0.15, 0.2) is 18.3 Å². The van der Waals surface area contributed by atoms with Crippen molar-refractivity contribution >= 4 is 5.65 Å². The lowest BCUT2D eigenvalue weighted by Crippen LogP contribution is -2.34. The summed E-state index contributed by atoms with van der Waals surface area (Å²) in [6.07, 6.45) is 5.71. The molecule has 0 N–H and O–H groups in total. The van der Waals surface area contributed by atoms with Crippen molar-refractivity contribution in [3.8, 4) is 0 Å². The molecule has 3 heterocycles. The monoisotopic (exact) mass is 258 g/mol. The Kier molecular flexibility index (Phi) is 3.51. The SMILES string of the molecule is CCN1CCC(Cc2nnc3c(C)cccn23)CC1. The van der Waals surface area contributed by atoms with E-state index in [1.807, 2.05) is 0 Å². The Balaban J connectivity index is 1.74. The third kappa shape index (κ3) is 2.50. The minimum absolute atomic E-state index is 0.760. The van der Waals surface area contributed by atoms with Crippen LogP contribution in [0.1, 0.15) is 31.2 Å². The average molecular weight is 258 g/mol. The molecule has 102 valence electrons. The van der Waals surface area contributed by atoms with E-state index in [9.17, 15) is 0 Å². The van der Waals surface area contributed by atoms with Gasteiger partial charge in [-0.05, 0) is 56.9 Å². The van der Waals surface area contributed by atoms with E-state index in [1.54, 1.807) is 0 Å². The van der Waals surface area contributed by atoms with Gasteiger partial charge in [-0.2, -0.15) is 0 Å². The molecule has 1 aliphatic rings.